The lowest BCUT2D eigenvalue weighted by Crippen LogP contribution is -2.34. The molecule has 1 aliphatic rings. The molecule has 2 N–H and O–H groups in total. The summed E-state index contributed by atoms with van der Waals surface area (Å²) in [6, 6.07) is 17.8. The molecule has 2 aromatic rings. The minimum Gasteiger partial charge on any atom is -0.338 e. The molecule has 0 bridgehead atoms. The maximum atomic E-state index is 12.2. The molecule has 2 amide bonds. The van der Waals surface area contributed by atoms with E-state index in [1.807, 2.05) is 54.6 Å². The van der Waals surface area contributed by atoms with Crippen LogP contribution in [0.5, 0.6) is 0 Å². The molecule has 1 aliphatic heterocycles. The molecular weight excluding hydrogens is 286 g/mol. The highest BCUT2D eigenvalue weighted by atomic mass is 16.2. The van der Waals surface area contributed by atoms with Crippen LogP contribution in [0.1, 0.15) is 6.42 Å². The predicted octanol–water partition coefficient (Wildman–Crippen LogP) is 3.43. The van der Waals surface area contributed by atoms with Gasteiger partial charge in [0.2, 0.25) is 0 Å². The van der Waals surface area contributed by atoms with Crippen LogP contribution < -0.4 is 10.6 Å². The van der Waals surface area contributed by atoms with Crippen molar-refractivity contribution in [3.63, 3.8) is 0 Å². The first-order chi connectivity index (χ1) is 11.2. The summed E-state index contributed by atoms with van der Waals surface area (Å²) < 4.78 is 0. The van der Waals surface area contributed by atoms with Crippen LogP contribution in [0.2, 0.25) is 0 Å². The van der Waals surface area contributed by atoms with Gasteiger partial charge in [-0.15, -0.1) is 0 Å². The number of hydrogen-bond acceptors (Lipinski definition) is 2. The maximum absolute atomic E-state index is 12.2. The van der Waals surface area contributed by atoms with E-state index in [4.69, 9.17) is 0 Å². The van der Waals surface area contributed by atoms with Crippen LogP contribution in [0.4, 0.5) is 10.5 Å². The second kappa shape index (κ2) is 7.29. The van der Waals surface area contributed by atoms with E-state index in [1.54, 1.807) is 0 Å². The third-order valence-electron chi connectivity index (χ3n) is 4.30. The highest BCUT2D eigenvalue weighted by Crippen LogP contribution is 2.27. The number of hydrogen-bond donors (Lipinski definition) is 2. The number of likely N-dealkylation sites (tertiary alicyclic amines) is 1. The zero-order valence-electron chi connectivity index (χ0n) is 13.5. The number of carbonyl (C=O) groups excluding carboxylic acids is 1. The lowest BCUT2D eigenvalue weighted by atomic mass is 10.0. The van der Waals surface area contributed by atoms with Crippen LogP contribution in [0, 0.1) is 5.92 Å². The lowest BCUT2D eigenvalue weighted by Gasteiger charge is -2.14. The maximum Gasteiger partial charge on any atom is 0.319 e. The van der Waals surface area contributed by atoms with E-state index in [0.717, 1.165) is 42.9 Å². The van der Waals surface area contributed by atoms with Crippen molar-refractivity contribution in [2.75, 3.05) is 32.0 Å². The number of para-hydroxylation sites is 1. The Labute approximate surface area is 137 Å². The Morgan fingerprint density at radius 3 is 2.61 bits per heavy atom. The van der Waals surface area contributed by atoms with Gasteiger partial charge in [0, 0.05) is 18.7 Å². The van der Waals surface area contributed by atoms with E-state index in [0.29, 0.717) is 5.92 Å². The number of nitrogens with one attached hydrogen (secondary N) is 2. The van der Waals surface area contributed by atoms with Crippen molar-refractivity contribution >= 4 is 11.7 Å². The normalized spacial score (nSPS) is 17.9. The van der Waals surface area contributed by atoms with Crippen LogP contribution in [-0.4, -0.2) is 37.6 Å². The largest absolute Gasteiger partial charge is 0.338 e. The van der Waals surface area contributed by atoms with Gasteiger partial charge in [0.05, 0.1) is 5.69 Å². The van der Waals surface area contributed by atoms with E-state index in [2.05, 4.69) is 22.6 Å². The van der Waals surface area contributed by atoms with Gasteiger partial charge in [-0.1, -0.05) is 48.5 Å². The van der Waals surface area contributed by atoms with Crippen LogP contribution in [0.3, 0.4) is 0 Å². The molecule has 0 radical (unpaired) electrons. The van der Waals surface area contributed by atoms with E-state index in [1.165, 1.54) is 0 Å². The average Bonchev–Trinajstić information content (AvgIpc) is 3.00. The number of amides is 2. The number of rotatable bonds is 4. The summed E-state index contributed by atoms with van der Waals surface area (Å²) >= 11 is 0. The van der Waals surface area contributed by atoms with E-state index in [9.17, 15) is 4.79 Å². The highest BCUT2D eigenvalue weighted by Gasteiger charge is 2.19. The molecule has 1 atom stereocenters. The summed E-state index contributed by atoms with van der Waals surface area (Å²) in [5.74, 6) is 0.551. The average molecular weight is 309 g/mol. The molecule has 1 heterocycles. The van der Waals surface area contributed by atoms with Gasteiger partial charge >= 0.3 is 6.03 Å². The lowest BCUT2D eigenvalue weighted by molar-refractivity contribution is 0.250. The van der Waals surface area contributed by atoms with E-state index in [-0.39, 0.29) is 6.03 Å². The first kappa shape index (κ1) is 15.6. The Bertz CT molecular complexity index is 657. The SMILES string of the molecule is CN1CCC(CNC(=O)Nc2ccccc2-c2ccccc2)C1. The van der Waals surface area contributed by atoms with Crippen molar-refractivity contribution in [2.24, 2.45) is 5.92 Å². The van der Waals surface area contributed by atoms with Crippen molar-refractivity contribution < 1.29 is 4.79 Å². The number of anilines is 1. The fraction of sp³-hybridized carbons (Fsp3) is 0.316. The first-order valence-corrected chi connectivity index (χ1v) is 8.10. The number of urea groups is 1. The number of benzene rings is 2. The van der Waals surface area contributed by atoms with Crippen molar-refractivity contribution in [1.82, 2.24) is 10.2 Å². The Hall–Kier alpha value is -2.33. The minimum atomic E-state index is -0.136. The molecule has 2 aromatic carbocycles. The fourth-order valence-corrected chi connectivity index (χ4v) is 3.06. The molecule has 4 heteroatoms. The topological polar surface area (TPSA) is 44.4 Å². The van der Waals surface area contributed by atoms with Crippen LogP contribution in [0.25, 0.3) is 11.1 Å². The summed E-state index contributed by atoms with van der Waals surface area (Å²) in [5.41, 5.74) is 2.96. The third-order valence-corrected chi connectivity index (χ3v) is 4.30. The predicted molar refractivity (Wildman–Crippen MR) is 94.5 cm³/mol. The summed E-state index contributed by atoms with van der Waals surface area (Å²) in [5, 5.41) is 5.98. The molecule has 1 fully saturated rings. The molecule has 3 rings (SSSR count). The highest BCUT2D eigenvalue weighted by molar-refractivity contribution is 5.94. The standard InChI is InChI=1S/C19H23N3O/c1-22-12-11-15(14-22)13-20-19(23)21-18-10-6-5-9-17(18)16-7-3-2-4-8-16/h2-10,15H,11-14H2,1H3,(H2,20,21,23). The van der Waals surface area contributed by atoms with Crippen molar-refractivity contribution in [1.29, 1.82) is 0 Å². The van der Waals surface area contributed by atoms with Gasteiger partial charge in [-0.05, 0) is 37.6 Å². The monoisotopic (exact) mass is 309 g/mol. The number of carbonyl (C=O) groups is 1. The van der Waals surface area contributed by atoms with Gasteiger partial charge in [0.1, 0.15) is 0 Å². The van der Waals surface area contributed by atoms with Crippen molar-refractivity contribution in [2.45, 2.75) is 6.42 Å². The second-order valence-electron chi connectivity index (χ2n) is 6.16. The molecule has 0 aromatic heterocycles. The van der Waals surface area contributed by atoms with E-state index < -0.39 is 0 Å². The van der Waals surface area contributed by atoms with Gasteiger partial charge in [0.25, 0.3) is 0 Å². The molecule has 0 aliphatic carbocycles. The molecule has 0 spiro atoms. The molecule has 1 unspecified atom stereocenters. The Balaban J connectivity index is 1.62. The van der Waals surface area contributed by atoms with Gasteiger partial charge in [-0.25, -0.2) is 4.79 Å². The Kier molecular flexibility index (Phi) is 4.93. The molecule has 23 heavy (non-hydrogen) atoms. The smallest absolute Gasteiger partial charge is 0.319 e. The summed E-state index contributed by atoms with van der Waals surface area (Å²) in [7, 11) is 2.12. The van der Waals surface area contributed by atoms with Gasteiger partial charge in [-0.2, -0.15) is 0 Å². The van der Waals surface area contributed by atoms with Gasteiger partial charge in [-0.3, -0.25) is 0 Å². The summed E-state index contributed by atoms with van der Waals surface area (Å²) in [6.07, 6.45) is 1.15. The molecule has 1 saturated heterocycles. The Morgan fingerprint density at radius 2 is 1.87 bits per heavy atom. The summed E-state index contributed by atoms with van der Waals surface area (Å²) in [4.78, 5) is 14.5. The minimum absolute atomic E-state index is 0.136. The zero-order chi connectivity index (χ0) is 16.1. The molecule has 4 nitrogen and oxygen atoms in total. The third kappa shape index (κ3) is 4.11. The molecular formula is C19H23N3O. The fourth-order valence-electron chi connectivity index (χ4n) is 3.06. The van der Waals surface area contributed by atoms with Gasteiger partial charge in [0.15, 0.2) is 0 Å². The number of nitrogens with zero attached hydrogens (tertiary/aromatic N) is 1. The van der Waals surface area contributed by atoms with Crippen LogP contribution >= 0.6 is 0 Å². The first-order valence-electron chi connectivity index (χ1n) is 8.10. The quantitative estimate of drug-likeness (QED) is 0.909. The van der Waals surface area contributed by atoms with E-state index >= 15 is 0 Å². The molecule has 120 valence electrons. The Morgan fingerprint density at radius 1 is 1.13 bits per heavy atom. The van der Waals surface area contributed by atoms with Crippen LogP contribution in [-0.2, 0) is 0 Å². The molecule has 0 saturated carbocycles. The second-order valence-corrected chi connectivity index (χ2v) is 6.16. The zero-order valence-corrected chi connectivity index (χ0v) is 13.5. The van der Waals surface area contributed by atoms with Crippen molar-refractivity contribution in [3.8, 4) is 11.1 Å². The summed E-state index contributed by atoms with van der Waals surface area (Å²) in [6.45, 7) is 2.90. The van der Waals surface area contributed by atoms with Crippen molar-refractivity contribution in [3.05, 3.63) is 54.6 Å². The van der Waals surface area contributed by atoms with Gasteiger partial charge < -0.3 is 15.5 Å². The van der Waals surface area contributed by atoms with Crippen LogP contribution in [0.15, 0.2) is 54.6 Å².